The van der Waals surface area contributed by atoms with Gasteiger partial charge in [0.2, 0.25) is 0 Å². The Morgan fingerprint density at radius 2 is 2.30 bits per heavy atom. The maximum Gasteiger partial charge on any atom is 0.0936 e. The lowest BCUT2D eigenvalue weighted by molar-refractivity contribution is -0.0887. The van der Waals surface area contributed by atoms with Gasteiger partial charge in [0, 0.05) is 13.1 Å². The zero-order valence-electron chi connectivity index (χ0n) is 6.58. The van der Waals surface area contributed by atoms with Crippen LogP contribution in [0, 0.1) is 0 Å². The average molecular weight is 145 g/mol. The molecule has 10 heavy (non-hydrogen) atoms. The van der Waals surface area contributed by atoms with Crippen molar-refractivity contribution in [3.63, 3.8) is 0 Å². The third-order valence-corrected chi connectivity index (χ3v) is 1.71. The molecule has 3 heteroatoms. The fourth-order valence-corrected chi connectivity index (χ4v) is 1.38. The summed E-state index contributed by atoms with van der Waals surface area (Å²) in [6.07, 6.45) is 0.282. The fourth-order valence-electron chi connectivity index (χ4n) is 1.38. The van der Waals surface area contributed by atoms with E-state index in [2.05, 4.69) is 4.90 Å². The molecule has 0 aromatic carbocycles. The summed E-state index contributed by atoms with van der Waals surface area (Å²) in [5.41, 5.74) is 0. The Balaban J connectivity index is 2.35. The van der Waals surface area contributed by atoms with Crippen LogP contribution in [0.4, 0.5) is 0 Å². The third kappa shape index (κ3) is 1.94. The van der Waals surface area contributed by atoms with Gasteiger partial charge in [-0.15, -0.1) is 0 Å². The quantitative estimate of drug-likeness (QED) is 0.550. The average Bonchev–Trinajstić information content (AvgIpc) is 1.85. The number of ether oxygens (including phenoxy) is 1. The molecule has 1 unspecified atom stereocenters. The van der Waals surface area contributed by atoms with Crippen LogP contribution in [0.25, 0.3) is 0 Å². The van der Waals surface area contributed by atoms with E-state index in [1.165, 1.54) is 0 Å². The molecule has 0 bridgehead atoms. The molecular formula is C7H15NO2. The van der Waals surface area contributed by atoms with Crippen molar-refractivity contribution >= 4 is 0 Å². The smallest absolute Gasteiger partial charge is 0.0936 e. The van der Waals surface area contributed by atoms with Crippen molar-refractivity contribution < 1.29 is 9.84 Å². The van der Waals surface area contributed by atoms with Gasteiger partial charge in [-0.2, -0.15) is 0 Å². The molecule has 0 spiro atoms. The topological polar surface area (TPSA) is 32.7 Å². The highest BCUT2D eigenvalue weighted by Gasteiger charge is 2.21. The van der Waals surface area contributed by atoms with E-state index in [-0.39, 0.29) is 18.8 Å². The summed E-state index contributed by atoms with van der Waals surface area (Å²) >= 11 is 0. The summed E-state index contributed by atoms with van der Waals surface area (Å²) < 4.78 is 5.41. The van der Waals surface area contributed by atoms with Crippen LogP contribution in [-0.4, -0.2) is 49.0 Å². The molecule has 0 aromatic rings. The van der Waals surface area contributed by atoms with Crippen LogP contribution < -0.4 is 0 Å². The fraction of sp³-hybridized carbons (Fsp3) is 1.00. The van der Waals surface area contributed by atoms with E-state index < -0.39 is 0 Å². The molecule has 1 fully saturated rings. The predicted octanol–water partition coefficient (Wildman–Crippen LogP) is -0.302. The number of aliphatic hydroxyl groups is 1. The van der Waals surface area contributed by atoms with Crippen LogP contribution in [0.2, 0.25) is 0 Å². The summed E-state index contributed by atoms with van der Waals surface area (Å²) in [5.74, 6) is 0. The molecule has 60 valence electrons. The summed E-state index contributed by atoms with van der Waals surface area (Å²) in [7, 11) is 2.04. The Labute approximate surface area is 61.6 Å². The molecule has 0 aliphatic carbocycles. The molecule has 1 aliphatic rings. The zero-order valence-corrected chi connectivity index (χ0v) is 6.58. The van der Waals surface area contributed by atoms with Crippen molar-refractivity contribution in [2.24, 2.45) is 0 Å². The SMILES string of the molecule is C[C@H]1CN(C)CC(CO)O1. The first kappa shape index (κ1) is 7.98. The normalized spacial score (nSPS) is 36.3. The molecule has 1 saturated heterocycles. The van der Waals surface area contributed by atoms with Gasteiger partial charge in [0.15, 0.2) is 0 Å². The van der Waals surface area contributed by atoms with Crippen molar-refractivity contribution in [2.75, 3.05) is 26.7 Å². The van der Waals surface area contributed by atoms with E-state index in [1.807, 2.05) is 14.0 Å². The Kier molecular flexibility index (Phi) is 2.65. The maximum atomic E-state index is 8.77. The molecule has 1 aliphatic heterocycles. The van der Waals surface area contributed by atoms with Gasteiger partial charge in [0.1, 0.15) is 0 Å². The molecule has 2 atom stereocenters. The second-order valence-electron chi connectivity index (χ2n) is 2.97. The first-order valence-corrected chi connectivity index (χ1v) is 3.67. The minimum Gasteiger partial charge on any atom is -0.394 e. The second kappa shape index (κ2) is 3.32. The van der Waals surface area contributed by atoms with Crippen molar-refractivity contribution in [2.45, 2.75) is 19.1 Å². The molecule has 0 amide bonds. The standard InChI is InChI=1S/C7H15NO2/c1-6-3-8(2)4-7(5-9)10-6/h6-7,9H,3-5H2,1-2H3/t6-,7?/m0/s1. The maximum absolute atomic E-state index is 8.77. The van der Waals surface area contributed by atoms with Gasteiger partial charge >= 0.3 is 0 Å². The third-order valence-electron chi connectivity index (χ3n) is 1.71. The van der Waals surface area contributed by atoms with Gasteiger partial charge in [0.05, 0.1) is 18.8 Å². The van der Waals surface area contributed by atoms with Crippen LogP contribution in [-0.2, 0) is 4.74 Å². The molecule has 0 aromatic heterocycles. The lowest BCUT2D eigenvalue weighted by Gasteiger charge is -2.33. The van der Waals surface area contributed by atoms with Gasteiger partial charge in [-0.25, -0.2) is 0 Å². The van der Waals surface area contributed by atoms with E-state index in [1.54, 1.807) is 0 Å². The summed E-state index contributed by atoms with van der Waals surface area (Å²) in [6, 6.07) is 0. The monoisotopic (exact) mass is 145 g/mol. The highest BCUT2D eigenvalue weighted by atomic mass is 16.5. The van der Waals surface area contributed by atoms with Gasteiger partial charge in [-0.05, 0) is 14.0 Å². The van der Waals surface area contributed by atoms with Crippen LogP contribution in [0.15, 0.2) is 0 Å². The molecule has 1 rings (SSSR count). The highest BCUT2D eigenvalue weighted by molar-refractivity contribution is 4.72. The molecule has 1 N–H and O–H groups in total. The highest BCUT2D eigenvalue weighted by Crippen LogP contribution is 2.07. The molecular weight excluding hydrogens is 130 g/mol. The van der Waals surface area contributed by atoms with E-state index in [9.17, 15) is 0 Å². The van der Waals surface area contributed by atoms with Crippen molar-refractivity contribution in [1.29, 1.82) is 0 Å². The number of likely N-dealkylation sites (N-methyl/N-ethyl adjacent to an activating group) is 1. The van der Waals surface area contributed by atoms with Gasteiger partial charge < -0.3 is 14.7 Å². The van der Waals surface area contributed by atoms with Crippen LogP contribution in [0.1, 0.15) is 6.92 Å². The van der Waals surface area contributed by atoms with E-state index in [0.717, 1.165) is 13.1 Å². The number of morpholine rings is 1. The Morgan fingerprint density at radius 3 is 2.80 bits per heavy atom. The lowest BCUT2D eigenvalue weighted by atomic mass is 10.2. The van der Waals surface area contributed by atoms with Crippen LogP contribution in [0.3, 0.4) is 0 Å². The Bertz CT molecular complexity index is 97.8. The number of aliphatic hydroxyl groups excluding tert-OH is 1. The van der Waals surface area contributed by atoms with E-state index in [0.29, 0.717) is 0 Å². The molecule has 0 radical (unpaired) electrons. The first-order valence-electron chi connectivity index (χ1n) is 3.67. The Morgan fingerprint density at radius 1 is 1.60 bits per heavy atom. The van der Waals surface area contributed by atoms with Crippen molar-refractivity contribution in [1.82, 2.24) is 4.90 Å². The zero-order chi connectivity index (χ0) is 7.56. The van der Waals surface area contributed by atoms with E-state index in [4.69, 9.17) is 9.84 Å². The number of nitrogens with zero attached hydrogens (tertiary/aromatic N) is 1. The summed E-state index contributed by atoms with van der Waals surface area (Å²) in [4.78, 5) is 2.18. The first-order chi connectivity index (χ1) is 4.72. The summed E-state index contributed by atoms with van der Waals surface area (Å²) in [6.45, 7) is 3.98. The van der Waals surface area contributed by atoms with Crippen molar-refractivity contribution in [3.05, 3.63) is 0 Å². The van der Waals surface area contributed by atoms with Gasteiger partial charge in [-0.1, -0.05) is 0 Å². The minimum absolute atomic E-state index is 0.0220. The largest absolute Gasteiger partial charge is 0.394 e. The molecule has 3 nitrogen and oxygen atoms in total. The predicted molar refractivity (Wildman–Crippen MR) is 38.9 cm³/mol. The second-order valence-corrected chi connectivity index (χ2v) is 2.97. The van der Waals surface area contributed by atoms with E-state index >= 15 is 0 Å². The Hall–Kier alpha value is -0.120. The van der Waals surface area contributed by atoms with Crippen LogP contribution in [0.5, 0.6) is 0 Å². The number of rotatable bonds is 1. The van der Waals surface area contributed by atoms with Crippen molar-refractivity contribution in [3.8, 4) is 0 Å². The van der Waals surface area contributed by atoms with Gasteiger partial charge in [-0.3, -0.25) is 0 Å². The number of hydrogen-bond donors (Lipinski definition) is 1. The number of hydrogen-bond acceptors (Lipinski definition) is 3. The van der Waals surface area contributed by atoms with Crippen LogP contribution >= 0.6 is 0 Å². The van der Waals surface area contributed by atoms with Gasteiger partial charge in [0.25, 0.3) is 0 Å². The summed E-state index contributed by atoms with van der Waals surface area (Å²) in [5, 5.41) is 8.77. The molecule has 1 heterocycles. The molecule has 0 saturated carbocycles. The minimum atomic E-state index is 0.0220. The lowest BCUT2D eigenvalue weighted by Crippen LogP contribution is -2.45.